The first-order chi connectivity index (χ1) is 19.4. The molecule has 3 rings (SSSR count). The van der Waals surface area contributed by atoms with Crippen LogP contribution < -0.4 is 5.56 Å². The highest BCUT2D eigenvalue weighted by Crippen LogP contribution is 2.33. The van der Waals surface area contributed by atoms with Crippen LogP contribution in [0.15, 0.2) is 46.5 Å². The summed E-state index contributed by atoms with van der Waals surface area (Å²) in [5, 5.41) is 0. The predicted molar refractivity (Wildman–Crippen MR) is 154 cm³/mol. The van der Waals surface area contributed by atoms with E-state index in [4.69, 9.17) is 4.74 Å². The van der Waals surface area contributed by atoms with Gasteiger partial charge in [0.2, 0.25) is 5.91 Å². The molecule has 0 saturated carbocycles. The second-order valence-electron chi connectivity index (χ2n) is 10.9. The first kappa shape index (κ1) is 31.4. The maximum absolute atomic E-state index is 14.5. The molecule has 2 aromatic rings. The minimum atomic E-state index is -1.10. The predicted octanol–water partition coefficient (Wildman–Crippen LogP) is 3.51. The molecule has 41 heavy (non-hydrogen) atoms. The normalized spacial score (nSPS) is 13.2. The van der Waals surface area contributed by atoms with Crippen LogP contribution in [0.25, 0.3) is 0 Å². The smallest absolute Gasteiger partial charge is 0.409 e. The molecule has 0 unspecified atom stereocenters. The van der Waals surface area contributed by atoms with Gasteiger partial charge in [-0.3, -0.25) is 24.4 Å². The van der Waals surface area contributed by atoms with Crippen LogP contribution in [0.2, 0.25) is 0 Å². The van der Waals surface area contributed by atoms with Gasteiger partial charge in [0, 0.05) is 64.1 Å². The molecule has 220 valence electrons. The summed E-state index contributed by atoms with van der Waals surface area (Å²) >= 11 is 0. The largest absolute Gasteiger partial charge is 0.438 e. The van der Waals surface area contributed by atoms with Crippen molar-refractivity contribution in [3.8, 4) is 0 Å². The number of hydrogen-bond donors (Lipinski definition) is 0. The third-order valence-electron chi connectivity index (χ3n) is 6.51. The lowest BCUT2D eigenvalue weighted by Crippen LogP contribution is -2.35. The van der Waals surface area contributed by atoms with Gasteiger partial charge in [0.25, 0.3) is 5.56 Å². The molecule has 0 N–H and O–H groups in total. The summed E-state index contributed by atoms with van der Waals surface area (Å²) in [6.45, 7) is 4.25. The van der Waals surface area contributed by atoms with Crippen LogP contribution >= 0.6 is 0 Å². The molecule has 0 saturated heterocycles. The Morgan fingerprint density at radius 3 is 2.56 bits per heavy atom. The van der Waals surface area contributed by atoms with E-state index >= 15 is 0 Å². The van der Waals surface area contributed by atoms with Crippen molar-refractivity contribution < 1.29 is 23.5 Å². The molecule has 11 heteroatoms. The molecule has 10 nitrogen and oxygen atoms in total. The van der Waals surface area contributed by atoms with Crippen molar-refractivity contribution in [3.05, 3.63) is 69.7 Å². The van der Waals surface area contributed by atoms with Gasteiger partial charge in [-0.05, 0) is 37.3 Å². The number of aliphatic imine (C=N–C) groups is 1. The van der Waals surface area contributed by atoms with Crippen molar-refractivity contribution in [1.82, 2.24) is 19.4 Å². The monoisotopic (exact) mass is 567 g/mol. The van der Waals surface area contributed by atoms with Crippen molar-refractivity contribution in [1.29, 1.82) is 0 Å². The molecule has 0 aliphatic carbocycles. The average Bonchev–Trinajstić information content (AvgIpc) is 3.34. The van der Waals surface area contributed by atoms with Crippen molar-refractivity contribution >= 4 is 29.2 Å². The lowest BCUT2D eigenvalue weighted by Gasteiger charge is -2.19. The Labute approximate surface area is 239 Å². The van der Waals surface area contributed by atoms with Gasteiger partial charge in [0.05, 0.1) is 24.1 Å². The minimum Gasteiger partial charge on any atom is -0.438 e. The van der Waals surface area contributed by atoms with E-state index in [0.29, 0.717) is 35.7 Å². The van der Waals surface area contributed by atoms with Crippen LogP contribution in [0, 0.1) is 11.7 Å². The lowest BCUT2D eigenvalue weighted by atomic mass is 10.0. The first-order valence-corrected chi connectivity index (χ1v) is 13.6. The van der Waals surface area contributed by atoms with Crippen molar-refractivity contribution in [2.75, 3.05) is 28.2 Å². The number of fused-ring (bicyclic) bond motifs is 1. The number of ketones is 1. The number of likely N-dealkylation sites (N-methyl/N-ethyl adjacent to an activating group) is 1. The highest BCUT2D eigenvalue weighted by atomic mass is 19.1. The number of pyridine rings is 2. The Bertz CT molecular complexity index is 1410. The van der Waals surface area contributed by atoms with E-state index in [1.807, 2.05) is 0 Å². The number of Topliss-reactive ketones (excluding diaryl/α,β-unsaturated/α-hetero) is 1. The summed E-state index contributed by atoms with van der Waals surface area (Å²) in [5.41, 5.74) is 2.24. The maximum Gasteiger partial charge on any atom is 0.409 e. The van der Waals surface area contributed by atoms with E-state index in [1.165, 1.54) is 40.7 Å². The number of ether oxygens (including phenoxy) is 1. The molecule has 0 radical (unpaired) electrons. The van der Waals surface area contributed by atoms with Crippen LogP contribution in [-0.2, 0) is 40.1 Å². The number of rotatable bonds is 12. The molecular weight excluding hydrogens is 529 g/mol. The third-order valence-corrected chi connectivity index (χ3v) is 6.51. The molecule has 1 aliphatic heterocycles. The number of amides is 2. The summed E-state index contributed by atoms with van der Waals surface area (Å²) in [7, 11) is 6.27. The number of aromatic nitrogens is 2. The standard InChI is InChI=1S/C30H38FN5O5/c1-19(2)14-24-28-22(23(31)17-32-24)16-21(33-28)18-36-13-9-10-20(29(36)39)15-25(37)26(41-30(40)35(5)6)11-7-8-12-27(38)34(3)4/h8-10,12-13,17,19,26H,7,11,14-16,18H2,1-6H3/b12-8+/t26-/m0/s1. The number of allylic oxidation sites excluding steroid dienone is 1. The van der Waals surface area contributed by atoms with Crippen LogP contribution in [0.3, 0.4) is 0 Å². The zero-order valence-corrected chi connectivity index (χ0v) is 24.5. The van der Waals surface area contributed by atoms with E-state index in [-0.39, 0.29) is 42.8 Å². The van der Waals surface area contributed by atoms with Gasteiger partial charge in [0.15, 0.2) is 11.9 Å². The maximum atomic E-state index is 14.5. The highest BCUT2D eigenvalue weighted by molar-refractivity contribution is 5.94. The second-order valence-corrected chi connectivity index (χ2v) is 10.9. The Hall–Kier alpha value is -4.15. The fourth-order valence-electron chi connectivity index (χ4n) is 4.33. The number of carbonyl (C=O) groups excluding carboxylic acids is 3. The van der Waals surface area contributed by atoms with Gasteiger partial charge in [-0.2, -0.15) is 0 Å². The summed E-state index contributed by atoms with van der Waals surface area (Å²) in [5.74, 6) is -0.727. The quantitative estimate of drug-likeness (QED) is 0.363. The zero-order chi connectivity index (χ0) is 30.3. The average molecular weight is 568 g/mol. The first-order valence-electron chi connectivity index (χ1n) is 13.6. The number of halogens is 1. The molecule has 0 bridgehead atoms. The summed E-state index contributed by atoms with van der Waals surface area (Å²) in [6, 6.07) is 3.22. The van der Waals surface area contributed by atoms with E-state index < -0.39 is 23.8 Å². The van der Waals surface area contributed by atoms with Gasteiger partial charge in [-0.25, -0.2) is 9.18 Å². The van der Waals surface area contributed by atoms with Crippen molar-refractivity contribution in [3.63, 3.8) is 0 Å². The summed E-state index contributed by atoms with van der Waals surface area (Å²) in [4.78, 5) is 62.0. The molecule has 0 fully saturated rings. The minimum absolute atomic E-state index is 0.139. The van der Waals surface area contributed by atoms with Crippen molar-refractivity contribution in [2.24, 2.45) is 10.9 Å². The topological polar surface area (TPSA) is 114 Å². The van der Waals surface area contributed by atoms with Gasteiger partial charge >= 0.3 is 6.09 Å². The summed E-state index contributed by atoms with van der Waals surface area (Å²) < 4.78 is 21.3. The molecule has 2 amide bonds. The Balaban J connectivity index is 1.76. The number of hydrogen-bond acceptors (Lipinski definition) is 7. The molecule has 1 atom stereocenters. The Morgan fingerprint density at radius 2 is 1.90 bits per heavy atom. The third kappa shape index (κ3) is 8.42. The van der Waals surface area contributed by atoms with Crippen LogP contribution in [0.1, 0.15) is 43.5 Å². The fraction of sp³-hybridized carbons (Fsp3) is 0.467. The van der Waals surface area contributed by atoms with Gasteiger partial charge in [-0.1, -0.05) is 26.0 Å². The molecule has 0 aromatic carbocycles. The highest BCUT2D eigenvalue weighted by Gasteiger charge is 2.26. The zero-order valence-electron chi connectivity index (χ0n) is 24.5. The van der Waals surface area contributed by atoms with E-state index in [0.717, 1.165) is 5.69 Å². The van der Waals surface area contributed by atoms with Gasteiger partial charge in [-0.15, -0.1) is 0 Å². The van der Waals surface area contributed by atoms with E-state index in [9.17, 15) is 23.6 Å². The van der Waals surface area contributed by atoms with Crippen molar-refractivity contribution in [2.45, 2.75) is 58.6 Å². The van der Waals surface area contributed by atoms with Crippen LogP contribution in [-0.4, -0.2) is 77.1 Å². The fourth-order valence-corrected chi connectivity index (χ4v) is 4.33. The summed E-state index contributed by atoms with van der Waals surface area (Å²) in [6.07, 6.45) is 5.23. The number of carbonyl (C=O) groups is 3. The molecule has 2 aromatic heterocycles. The van der Waals surface area contributed by atoms with E-state index in [1.54, 1.807) is 38.5 Å². The molecule has 1 aliphatic rings. The van der Waals surface area contributed by atoms with Crippen LogP contribution in [0.5, 0.6) is 0 Å². The Kier molecular flexibility index (Phi) is 10.7. The number of nitrogens with zero attached hydrogens (tertiary/aromatic N) is 5. The Morgan fingerprint density at radius 1 is 1.17 bits per heavy atom. The van der Waals surface area contributed by atoms with E-state index in [2.05, 4.69) is 23.8 Å². The van der Waals surface area contributed by atoms with Crippen LogP contribution in [0.4, 0.5) is 14.9 Å². The molecule has 3 heterocycles. The second kappa shape index (κ2) is 14.0. The molecule has 0 spiro atoms. The van der Waals surface area contributed by atoms with Gasteiger partial charge in [0.1, 0.15) is 5.82 Å². The van der Waals surface area contributed by atoms with Gasteiger partial charge < -0.3 is 19.1 Å². The molecular formula is C30H38FN5O5. The SMILES string of the molecule is CC(C)Cc1ncc(F)c2c1N=C(Cn1cccc(CC(=O)[C@H](CC/C=C/C(=O)N(C)C)OC(=O)N(C)C)c1=O)C2. The lowest BCUT2D eigenvalue weighted by molar-refractivity contribution is -0.127.